The smallest absolute Gasteiger partial charge is 0.412 e. The molecule has 0 aliphatic heterocycles. The van der Waals surface area contributed by atoms with E-state index < -0.39 is 11.7 Å². The number of pyridine rings is 1. The number of benzene rings is 1. The summed E-state index contributed by atoms with van der Waals surface area (Å²) in [5.41, 5.74) is 10.5. The summed E-state index contributed by atoms with van der Waals surface area (Å²) in [5, 5.41) is 12.3. The standard InChI is InChI=1S/C25H35N7O2/c1-8-17-11-16(9-10-19(17)28-6)14-30-23-22(29-7)21(32-24(33)34-25(2,3)4)12-20(31-23)18(13-26)15-27-5/h8-12,15,27,29H,1,6,13-14,26H2,2-5,7H3,(H2,30,31,32,33)/b18-15+. The molecule has 0 unspecified atom stereocenters. The molecule has 0 atom stereocenters. The van der Waals surface area contributed by atoms with E-state index in [9.17, 15) is 4.79 Å². The van der Waals surface area contributed by atoms with Gasteiger partial charge in [-0.25, -0.2) is 9.78 Å². The highest BCUT2D eigenvalue weighted by Gasteiger charge is 2.20. The van der Waals surface area contributed by atoms with E-state index >= 15 is 0 Å². The lowest BCUT2D eigenvalue weighted by molar-refractivity contribution is 0.0636. The molecular formula is C25H35N7O2. The molecular weight excluding hydrogens is 430 g/mol. The fourth-order valence-corrected chi connectivity index (χ4v) is 3.22. The molecule has 2 rings (SSSR count). The van der Waals surface area contributed by atoms with Gasteiger partial charge in [-0.1, -0.05) is 18.7 Å². The Balaban J connectivity index is 2.47. The normalized spacial score (nSPS) is 11.4. The van der Waals surface area contributed by atoms with Crippen LogP contribution in [0, 0.1) is 0 Å². The van der Waals surface area contributed by atoms with Crippen LogP contribution in [0.3, 0.4) is 0 Å². The van der Waals surface area contributed by atoms with E-state index in [1.54, 1.807) is 32.4 Å². The second kappa shape index (κ2) is 11.9. The number of carbonyl (C=O) groups is 1. The molecule has 1 aromatic heterocycles. The summed E-state index contributed by atoms with van der Waals surface area (Å²) in [4.78, 5) is 21.3. The summed E-state index contributed by atoms with van der Waals surface area (Å²) in [6.45, 7) is 13.6. The number of amides is 1. The molecule has 0 radical (unpaired) electrons. The van der Waals surface area contributed by atoms with Crippen molar-refractivity contribution < 1.29 is 9.53 Å². The molecule has 0 aliphatic rings. The number of aromatic nitrogens is 1. The van der Waals surface area contributed by atoms with Crippen molar-refractivity contribution in [3.8, 4) is 0 Å². The maximum Gasteiger partial charge on any atom is 0.412 e. The zero-order valence-electron chi connectivity index (χ0n) is 20.6. The first-order chi connectivity index (χ1) is 16.1. The molecule has 1 aromatic carbocycles. The number of nitrogens with one attached hydrogen (secondary N) is 4. The minimum absolute atomic E-state index is 0.261. The molecule has 9 heteroatoms. The van der Waals surface area contributed by atoms with Gasteiger partial charge in [0.1, 0.15) is 11.3 Å². The van der Waals surface area contributed by atoms with E-state index in [-0.39, 0.29) is 6.54 Å². The molecule has 0 saturated carbocycles. The molecule has 0 aliphatic carbocycles. The third kappa shape index (κ3) is 7.08. The molecule has 0 saturated heterocycles. The molecule has 1 amide bonds. The molecule has 2 aromatic rings. The number of hydrogen-bond donors (Lipinski definition) is 5. The minimum Gasteiger partial charge on any atom is -0.444 e. The Hall–Kier alpha value is -3.85. The minimum atomic E-state index is -0.634. The largest absolute Gasteiger partial charge is 0.444 e. The first-order valence-electron chi connectivity index (χ1n) is 10.9. The molecule has 0 bridgehead atoms. The van der Waals surface area contributed by atoms with Gasteiger partial charge >= 0.3 is 6.09 Å². The summed E-state index contributed by atoms with van der Waals surface area (Å²) < 4.78 is 5.44. The number of carbonyl (C=O) groups excluding carboxylic acids is 1. The number of anilines is 3. The van der Waals surface area contributed by atoms with E-state index in [0.29, 0.717) is 29.4 Å². The molecule has 9 nitrogen and oxygen atoms in total. The van der Waals surface area contributed by atoms with Gasteiger partial charge in [0.15, 0.2) is 5.82 Å². The summed E-state index contributed by atoms with van der Waals surface area (Å²) in [5.74, 6) is 0.549. The van der Waals surface area contributed by atoms with Gasteiger partial charge in [-0.15, -0.1) is 0 Å². The molecule has 0 spiro atoms. The summed E-state index contributed by atoms with van der Waals surface area (Å²) >= 11 is 0. The zero-order valence-corrected chi connectivity index (χ0v) is 20.6. The van der Waals surface area contributed by atoms with Gasteiger partial charge in [-0.05, 0) is 56.8 Å². The molecule has 6 N–H and O–H groups in total. The van der Waals surface area contributed by atoms with E-state index in [1.165, 1.54) is 0 Å². The Morgan fingerprint density at radius 3 is 2.56 bits per heavy atom. The number of ether oxygens (including phenoxy) is 1. The van der Waals surface area contributed by atoms with Crippen LogP contribution in [-0.4, -0.2) is 44.0 Å². The van der Waals surface area contributed by atoms with Gasteiger partial charge < -0.3 is 26.4 Å². The van der Waals surface area contributed by atoms with Gasteiger partial charge in [0.05, 0.1) is 17.1 Å². The highest BCUT2D eigenvalue weighted by Crippen LogP contribution is 2.33. The van der Waals surface area contributed by atoms with Gasteiger partial charge in [-0.2, -0.15) is 0 Å². The van der Waals surface area contributed by atoms with Crippen LogP contribution in [-0.2, 0) is 11.3 Å². The average molecular weight is 466 g/mol. The number of aliphatic imine (C=N–C) groups is 1. The van der Waals surface area contributed by atoms with E-state index in [1.807, 2.05) is 39.0 Å². The van der Waals surface area contributed by atoms with Crippen LogP contribution >= 0.6 is 0 Å². The molecule has 0 fully saturated rings. The predicted octanol–water partition coefficient (Wildman–Crippen LogP) is 4.58. The topological polar surface area (TPSA) is 126 Å². The van der Waals surface area contributed by atoms with Gasteiger partial charge in [0.25, 0.3) is 0 Å². The first kappa shape index (κ1) is 26.4. The Kier molecular flexibility index (Phi) is 9.20. The van der Waals surface area contributed by atoms with Crippen molar-refractivity contribution in [2.75, 3.05) is 36.6 Å². The maximum atomic E-state index is 12.5. The molecule has 182 valence electrons. The van der Waals surface area contributed by atoms with Crippen molar-refractivity contribution in [2.45, 2.75) is 32.9 Å². The average Bonchev–Trinajstić information content (AvgIpc) is 2.79. The van der Waals surface area contributed by atoms with Gasteiger partial charge in [0, 0.05) is 39.0 Å². The highest BCUT2D eigenvalue weighted by atomic mass is 16.6. The lowest BCUT2D eigenvalue weighted by Crippen LogP contribution is -2.27. The Bertz CT molecular complexity index is 1070. The summed E-state index contributed by atoms with van der Waals surface area (Å²) in [6.07, 6.45) is 2.95. The monoisotopic (exact) mass is 465 g/mol. The van der Waals surface area contributed by atoms with Crippen LogP contribution in [0.15, 0.2) is 42.0 Å². The second-order valence-electron chi connectivity index (χ2n) is 8.43. The zero-order chi connectivity index (χ0) is 25.3. The van der Waals surface area contributed by atoms with Crippen LogP contribution in [0.4, 0.5) is 27.7 Å². The Morgan fingerprint density at radius 2 is 2.00 bits per heavy atom. The van der Waals surface area contributed by atoms with E-state index in [0.717, 1.165) is 22.4 Å². The van der Waals surface area contributed by atoms with Crippen LogP contribution in [0.25, 0.3) is 11.6 Å². The van der Waals surface area contributed by atoms with Crippen molar-refractivity contribution in [3.05, 3.63) is 53.9 Å². The van der Waals surface area contributed by atoms with E-state index in [4.69, 9.17) is 15.5 Å². The van der Waals surface area contributed by atoms with Crippen molar-refractivity contribution in [2.24, 2.45) is 10.7 Å². The highest BCUT2D eigenvalue weighted by molar-refractivity contribution is 5.94. The number of nitrogens with zero attached hydrogens (tertiary/aromatic N) is 2. The van der Waals surface area contributed by atoms with Crippen molar-refractivity contribution in [3.63, 3.8) is 0 Å². The van der Waals surface area contributed by atoms with Crippen LogP contribution in [0.2, 0.25) is 0 Å². The second-order valence-corrected chi connectivity index (χ2v) is 8.43. The lowest BCUT2D eigenvalue weighted by Gasteiger charge is -2.22. The van der Waals surface area contributed by atoms with Crippen molar-refractivity contribution in [1.29, 1.82) is 0 Å². The van der Waals surface area contributed by atoms with Crippen molar-refractivity contribution >= 4 is 47.3 Å². The summed E-state index contributed by atoms with van der Waals surface area (Å²) in [7, 11) is 3.55. The quantitative estimate of drug-likeness (QED) is 0.325. The summed E-state index contributed by atoms with van der Waals surface area (Å²) in [6, 6.07) is 7.59. The first-order valence-corrected chi connectivity index (χ1v) is 10.9. The third-order valence-corrected chi connectivity index (χ3v) is 4.71. The Morgan fingerprint density at radius 1 is 1.26 bits per heavy atom. The maximum absolute atomic E-state index is 12.5. The van der Waals surface area contributed by atoms with Crippen molar-refractivity contribution in [1.82, 2.24) is 10.3 Å². The van der Waals surface area contributed by atoms with Gasteiger partial charge in [-0.3, -0.25) is 10.3 Å². The Labute approximate surface area is 201 Å². The number of hydrogen-bond acceptors (Lipinski definition) is 8. The molecule has 34 heavy (non-hydrogen) atoms. The fraction of sp³-hybridized carbons (Fsp3) is 0.320. The fourth-order valence-electron chi connectivity index (χ4n) is 3.22. The van der Waals surface area contributed by atoms with Crippen LogP contribution in [0.5, 0.6) is 0 Å². The van der Waals surface area contributed by atoms with Crippen LogP contribution in [0.1, 0.15) is 37.6 Å². The molecule has 1 heterocycles. The SMILES string of the molecule is C=Cc1cc(CNc2nc(/C(=C/NC)CN)cc(NC(=O)OC(C)(C)C)c2NC)ccc1N=C. The third-order valence-electron chi connectivity index (χ3n) is 4.71. The lowest BCUT2D eigenvalue weighted by atomic mass is 10.1. The van der Waals surface area contributed by atoms with Crippen LogP contribution < -0.4 is 27.0 Å². The van der Waals surface area contributed by atoms with Gasteiger partial charge in [0.2, 0.25) is 0 Å². The number of nitrogens with two attached hydrogens (primary N) is 1. The number of rotatable bonds is 10. The predicted molar refractivity (Wildman–Crippen MR) is 143 cm³/mol. The van der Waals surface area contributed by atoms with E-state index in [2.05, 4.69) is 39.6 Å².